The van der Waals surface area contributed by atoms with Gasteiger partial charge in [-0.1, -0.05) is 12.1 Å². The second-order valence-electron chi connectivity index (χ2n) is 12.8. The maximum Gasteiger partial charge on any atom is 0.0718 e. The summed E-state index contributed by atoms with van der Waals surface area (Å²) in [4.78, 5) is 10.2. The summed E-state index contributed by atoms with van der Waals surface area (Å²) in [6.45, 7) is 0. The third kappa shape index (κ3) is 3.86. The van der Waals surface area contributed by atoms with Gasteiger partial charge in [0.15, 0.2) is 0 Å². The van der Waals surface area contributed by atoms with Crippen LogP contribution in [0.2, 0.25) is 0 Å². The molecule has 0 radical (unpaired) electrons. The van der Waals surface area contributed by atoms with Crippen molar-refractivity contribution in [1.29, 1.82) is 0 Å². The van der Waals surface area contributed by atoms with Crippen molar-refractivity contribution in [3.8, 4) is 0 Å². The molecule has 36 heavy (non-hydrogen) atoms. The van der Waals surface area contributed by atoms with Crippen molar-refractivity contribution in [3.05, 3.63) is 57.2 Å². The highest BCUT2D eigenvalue weighted by Crippen LogP contribution is 2.53. The van der Waals surface area contributed by atoms with E-state index in [0.717, 1.165) is 64.2 Å². The van der Waals surface area contributed by atoms with Crippen molar-refractivity contribution < 1.29 is 10.2 Å². The lowest BCUT2D eigenvalue weighted by Crippen LogP contribution is -2.50. The van der Waals surface area contributed by atoms with Crippen LogP contribution in [-0.2, 0) is 38.5 Å². The fourth-order valence-corrected chi connectivity index (χ4v) is 8.58. The van der Waals surface area contributed by atoms with Crippen LogP contribution in [0.15, 0.2) is 12.1 Å². The molecule has 2 N–H and O–H groups in total. The number of rotatable bonds is 2. The van der Waals surface area contributed by atoms with Gasteiger partial charge in [-0.2, -0.15) is 0 Å². The fraction of sp³-hybridized carbons (Fsp3) is 0.688. The molecule has 1 fully saturated rings. The number of nitrogens with zero attached hydrogens (tertiary/aromatic N) is 2. The second kappa shape index (κ2) is 8.91. The van der Waals surface area contributed by atoms with Crippen LogP contribution in [0.5, 0.6) is 0 Å². The Labute approximate surface area is 216 Å². The summed E-state index contributed by atoms with van der Waals surface area (Å²) in [5.74, 6) is 0.329. The zero-order valence-electron chi connectivity index (χ0n) is 21.8. The van der Waals surface area contributed by atoms with Crippen molar-refractivity contribution in [2.75, 3.05) is 0 Å². The fourth-order valence-electron chi connectivity index (χ4n) is 8.58. The lowest BCUT2D eigenvalue weighted by Gasteiger charge is -2.50. The maximum atomic E-state index is 12.1. The largest absolute Gasteiger partial charge is 0.389 e. The van der Waals surface area contributed by atoms with Gasteiger partial charge in [0.25, 0.3) is 0 Å². The van der Waals surface area contributed by atoms with Crippen LogP contribution in [0.1, 0.15) is 134 Å². The van der Waals surface area contributed by atoms with Gasteiger partial charge in [0, 0.05) is 34.6 Å². The van der Waals surface area contributed by atoms with E-state index in [1.165, 1.54) is 70.7 Å². The molecule has 0 saturated heterocycles. The number of aryl methyl sites for hydroxylation is 6. The smallest absolute Gasteiger partial charge is 0.0718 e. The Morgan fingerprint density at radius 1 is 0.528 bits per heavy atom. The quantitative estimate of drug-likeness (QED) is 0.562. The third-order valence-corrected chi connectivity index (χ3v) is 10.7. The Hall–Kier alpha value is -1.78. The molecule has 0 aromatic carbocycles. The van der Waals surface area contributed by atoms with Crippen molar-refractivity contribution in [3.63, 3.8) is 0 Å². The van der Waals surface area contributed by atoms with E-state index in [2.05, 4.69) is 12.1 Å². The van der Waals surface area contributed by atoms with Gasteiger partial charge in [-0.25, -0.2) is 0 Å². The molecule has 2 heterocycles. The summed E-state index contributed by atoms with van der Waals surface area (Å²) in [5, 5.41) is 24.2. The summed E-state index contributed by atoms with van der Waals surface area (Å²) in [7, 11) is 0. The molecule has 4 heteroatoms. The minimum Gasteiger partial charge on any atom is -0.389 e. The zero-order chi connectivity index (χ0) is 24.3. The number of aromatic nitrogens is 2. The number of fused-ring (bicyclic) bond motifs is 4. The first kappa shape index (κ1) is 23.3. The predicted octanol–water partition coefficient (Wildman–Crippen LogP) is 5.81. The lowest BCUT2D eigenvalue weighted by molar-refractivity contribution is -0.108. The van der Waals surface area contributed by atoms with Gasteiger partial charge in [0.2, 0.25) is 0 Å². The van der Waals surface area contributed by atoms with Crippen molar-refractivity contribution in [2.24, 2.45) is 0 Å². The highest BCUT2D eigenvalue weighted by Gasteiger charge is 2.50. The molecule has 5 aliphatic carbocycles. The van der Waals surface area contributed by atoms with Crippen molar-refractivity contribution in [2.45, 2.75) is 139 Å². The Kier molecular flexibility index (Phi) is 5.78. The first-order valence-electron chi connectivity index (χ1n) is 15.0. The average Bonchev–Trinajstić information content (AvgIpc) is 2.92. The highest BCUT2D eigenvalue weighted by molar-refractivity contribution is 5.40. The predicted molar refractivity (Wildman–Crippen MR) is 141 cm³/mol. The molecule has 1 saturated carbocycles. The second-order valence-corrected chi connectivity index (χ2v) is 12.8. The number of hydrogen-bond acceptors (Lipinski definition) is 4. The van der Waals surface area contributed by atoms with E-state index in [1.807, 2.05) is 0 Å². The molecule has 0 bridgehead atoms. The normalized spacial score (nSPS) is 33.7. The average molecular weight is 487 g/mol. The van der Waals surface area contributed by atoms with Crippen LogP contribution < -0.4 is 0 Å². The first-order valence-corrected chi connectivity index (χ1v) is 15.0. The van der Waals surface area contributed by atoms with Crippen LogP contribution in [0.25, 0.3) is 0 Å². The highest BCUT2D eigenvalue weighted by atomic mass is 16.3. The Morgan fingerprint density at radius 2 is 0.917 bits per heavy atom. The molecule has 2 aromatic rings. The number of hydrogen-bond donors (Lipinski definition) is 2. The van der Waals surface area contributed by atoms with Gasteiger partial charge >= 0.3 is 0 Å². The summed E-state index contributed by atoms with van der Waals surface area (Å²) < 4.78 is 0. The molecule has 192 valence electrons. The van der Waals surface area contributed by atoms with Crippen molar-refractivity contribution >= 4 is 0 Å². The van der Waals surface area contributed by atoms with Crippen LogP contribution in [0, 0.1) is 0 Å². The molecule has 2 aromatic heterocycles. The van der Waals surface area contributed by atoms with Gasteiger partial charge < -0.3 is 10.2 Å². The van der Waals surface area contributed by atoms with Crippen LogP contribution >= 0.6 is 0 Å². The van der Waals surface area contributed by atoms with Gasteiger partial charge in [0.1, 0.15) is 0 Å². The molecule has 7 rings (SSSR count). The molecule has 0 spiro atoms. The molecule has 0 aliphatic heterocycles. The van der Waals surface area contributed by atoms with E-state index in [1.54, 1.807) is 0 Å². The topological polar surface area (TPSA) is 66.2 Å². The minimum absolute atomic E-state index is 0.165. The number of aliphatic hydroxyl groups is 2. The van der Waals surface area contributed by atoms with Gasteiger partial charge in [-0.15, -0.1) is 0 Å². The molecule has 5 aliphatic rings. The first-order chi connectivity index (χ1) is 17.5. The van der Waals surface area contributed by atoms with E-state index in [9.17, 15) is 10.2 Å². The number of pyridine rings is 2. The van der Waals surface area contributed by atoms with Gasteiger partial charge in [-0.05, 0) is 138 Å². The van der Waals surface area contributed by atoms with Crippen LogP contribution in [0.3, 0.4) is 0 Å². The SMILES string of the molecule is OC1(C2CCCc3nc4c(cc32)CCCC4)CCC(O)(C2CCCc3nc4c(cc32)CCCC4)CC1. The monoisotopic (exact) mass is 486 g/mol. The molecule has 4 nitrogen and oxygen atoms in total. The van der Waals surface area contributed by atoms with Gasteiger partial charge in [0.05, 0.1) is 11.2 Å². The molecular weight excluding hydrogens is 444 g/mol. The molecule has 2 atom stereocenters. The van der Waals surface area contributed by atoms with Crippen LogP contribution in [-0.4, -0.2) is 31.4 Å². The zero-order valence-corrected chi connectivity index (χ0v) is 21.8. The van der Waals surface area contributed by atoms with E-state index < -0.39 is 11.2 Å². The Balaban J connectivity index is 1.15. The van der Waals surface area contributed by atoms with E-state index in [0.29, 0.717) is 25.7 Å². The van der Waals surface area contributed by atoms with E-state index in [4.69, 9.17) is 9.97 Å². The Morgan fingerprint density at radius 3 is 1.36 bits per heavy atom. The van der Waals surface area contributed by atoms with E-state index in [-0.39, 0.29) is 11.8 Å². The molecular formula is C32H42N2O2. The van der Waals surface area contributed by atoms with Gasteiger partial charge in [-0.3, -0.25) is 9.97 Å². The summed E-state index contributed by atoms with van der Waals surface area (Å²) in [5.41, 5.74) is 9.19. The molecule has 0 amide bonds. The molecule has 2 unspecified atom stereocenters. The maximum absolute atomic E-state index is 12.1. The third-order valence-electron chi connectivity index (χ3n) is 10.7. The lowest BCUT2D eigenvalue weighted by atomic mass is 9.61. The van der Waals surface area contributed by atoms with Crippen molar-refractivity contribution in [1.82, 2.24) is 9.97 Å². The Bertz CT molecular complexity index is 1070. The standard InChI is InChI=1S/C32H42N2O2/c35-31(25-9-5-13-29-23(25)19-21-7-1-3-11-27(21)33-29)15-17-32(36,18-16-31)26-10-6-14-30-24(26)20-22-8-2-4-12-28(22)34-30/h19-20,25-26,35-36H,1-18H2. The van der Waals surface area contributed by atoms with E-state index >= 15 is 0 Å². The van der Waals surface area contributed by atoms with Crippen LogP contribution in [0.4, 0.5) is 0 Å². The minimum atomic E-state index is -0.725. The summed E-state index contributed by atoms with van der Waals surface area (Å²) in [6, 6.07) is 4.84. The summed E-state index contributed by atoms with van der Waals surface area (Å²) in [6.07, 6.45) is 18.7. The summed E-state index contributed by atoms with van der Waals surface area (Å²) >= 11 is 0.